The second-order valence-electron chi connectivity index (χ2n) is 7.28. The largest absolute Gasteiger partial charge is 0.377 e. The Morgan fingerprint density at radius 3 is 2.79 bits per heavy atom. The summed E-state index contributed by atoms with van der Waals surface area (Å²) in [5.41, 5.74) is 2.85. The number of hydrogen-bond acceptors (Lipinski definition) is 7. The van der Waals surface area contributed by atoms with E-state index in [0.717, 1.165) is 5.57 Å². The topological polar surface area (TPSA) is 112 Å². The molecule has 3 aromatic rings. The SMILES string of the molecule is CPn1nc(Nc2cc(C3=CCOCC3)ncc2C(=O)c2ccccc2Cl)c([N+](=O)[O-])c1C. The van der Waals surface area contributed by atoms with E-state index < -0.39 is 4.92 Å². The van der Waals surface area contributed by atoms with Crippen molar-refractivity contribution >= 4 is 48.9 Å². The number of ketones is 1. The number of aromatic nitrogens is 3. The van der Waals surface area contributed by atoms with Crippen molar-refractivity contribution in [2.75, 3.05) is 25.2 Å². The number of anilines is 2. The van der Waals surface area contributed by atoms with Crippen LogP contribution in [0.3, 0.4) is 0 Å². The lowest BCUT2D eigenvalue weighted by atomic mass is 10.0. The Labute approximate surface area is 196 Å². The summed E-state index contributed by atoms with van der Waals surface area (Å²) in [6.07, 6.45) is 4.08. The van der Waals surface area contributed by atoms with Crippen LogP contribution in [0.25, 0.3) is 5.57 Å². The first-order chi connectivity index (χ1) is 15.9. The molecule has 1 aliphatic rings. The highest BCUT2D eigenvalue weighted by atomic mass is 35.5. The first kappa shape index (κ1) is 23.0. The minimum absolute atomic E-state index is 0.0677. The van der Waals surface area contributed by atoms with Crippen molar-refractivity contribution in [3.63, 3.8) is 0 Å². The molecule has 0 saturated carbocycles. The fourth-order valence-electron chi connectivity index (χ4n) is 3.61. The van der Waals surface area contributed by atoms with Gasteiger partial charge in [0.05, 0.1) is 40.1 Å². The summed E-state index contributed by atoms with van der Waals surface area (Å²) in [7, 11) is 0.210. The quantitative estimate of drug-likeness (QED) is 0.217. The van der Waals surface area contributed by atoms with Gasteiger partial charge in [-0.2, -0.15) is 0 Å². The molecule has 3 heterocycles. The number of benzene rings is 1. The monoisotopic (exact) mass is 485 g/mol. The molecule has 11 heteroatoms. The molecule has 0 aliphatic carbocycles. The van der Waals surface area contributed by atoms with Gasteiger partial charge in [-0.3, -0.25) is 19.9 Å². The van der Waals surface area contributed by atoms with E-state index in [1.54, 1.807) is 41.7 Å². The van der Waals surface area contributed by atoms with Gasteiger partial charge in [0.25, 0.3) is 0 Å². The van der Waals surface area contributed by atoms with E-state index in [4.69, 9.17) is 16.3 Å². The molecule has 1 aliphatic heterocycles. The van der Waals surface area contributed by atoms with Crippen molar-refractivity contribution in [3.8, 4) is 0 Å². The van der Waals surface area contributed by atoms with Crippen molar-refractivity contribution < 1.29 is 14.5 Å². The minimum Gasteiger partial charge on any atom is -0.377 e. The average molecular weight is 486 g/mol. The second kappa shape index (κ2) is 9.79. The third-order valence-corrected chi connectivity index (χ3v) is 6.48. The van der Waals surface area contributed by atoms with E-state index in [9.17, 15) is 14.9 Å². The summed E-state index contributed by atoms with van der Waals surface area (Å²) >= 11 is 6.26. The van der Waals surface area contributed by atoms with Crippen molar-refractivity contribution in [1.82, 2.24) is 14.5 Å². The van der Waals surface area contributed by atoms with Gasteiger partial charge in [0.15, 0.2) is 5.78 Å². The van der Waals surface area contributed by atoms with Crippen LogP contribution in [0.1, 0.15) is 33.7 Å². The molecule has 0 radical (unpaired) electrons. The van der Waals surface area contributed by atoms with Gasteiger partial charge >= 0.3 is 5.69 Å². The Kier molecular flexibility index (Phi) is 6.83. The number of nitro groups is 1. The summed E-state index contributed by atoms with van der Waals surface area (Å²) < 4.78 is 6.94. The normalized spacial score (nSPS) is 13.8. The predicted molar refractivity (Wildman–Crippen MR) is 129 cm³/mol. The summed E-state index contributed by atoms with van der Waals surface area (Å²) in [4.78, 5) is 29.1. The number of pyridine rings is 1. The van der Waals surface area contributed by atoms with E-state index >= 15 is 0 Å². The van der Waals surface area contributed by atoms with Crippen LogP contribution < -0.4 is 5.32 Å². The Morgan fingerprint density at radius 2 is 2.12 bits per heavy atom. The zero-order valence-electron chi connectivity index (χ0n) is 18.0. The smallest absolute Gasteiger partial charge is 0.334 e. The third kappa shape index (κ3) is 4.66. The Morgan fingerprint density at radius 1 is 1.33 bits per heavy atom. The van der Waals surface area contributed by atoms with Gasteiger partial charge in [0.1, 0.15) is 5.69 Å². The first-order valence-electron chi connectivity index (χ1n) is 10.2. The summed E-state index contributed by atoms with van der Waals surface area (Å²) in [5.74, 6) is -0.280. The van der Waals surface area contributed by atoms with Crippen LogP contribution in [0.5, 0.6) is 0 Å². The number of carbonyl (C=O) groups is 1. The molecule has 170 valence electrons. The lowest BCUT2D eigenvalue weighted by Gasteiger charge is -2.16. The molecular formula is C22H21ClN5O4P. The molecule has 2 aromatic heterocycles. The fourth-order valence-corrected chi connectivity index (χ4v) is 4.47. The van der Waals surface area contributed by atoms with E-state index in [1.165, 1.54) is 6.20 Å². The minimum atomic E-state index is -0.472. The van der Waals surface area contributed by atoms with E-state index in [1.807, 2.05) is 12.7 Å². The Hall–Kier alpha value is -3.13. The molecule has 9 nitrogen and oxygen atoms in total. The average Bonchev–Trinajstić information content (AvgIpc) is 3.14. The van der Waals surface area contributed by atoms with Gasteiger partial charge in [-0.1, -0.05) is 29.8 Å². The molecule has 1 aromatic carbocycles. The zero-order valence-corrected chi connectivity index (χ0v) is 19.7. The summed E-state index contributed by atoms with van der Waals surface area (Å²) in [6.45, 7) is 4.57. The molecule has 0 saturated heterocycles. The van der Waals surface area contributed by atoms with Crippen LogP contribution in [0.15, 0.2) is 42.6 Å². The van der Waals surface area contributed by atoms with Crippen LogP contribution in [-0.2, 0) is 4.74 Å². The molecule has 1 atom stereocenters. The maximum Gasteiger partial charge on any atom is 0.334 e. The van der Waals surface area contributed by atoms with Crippen LogP contribution in [0.2, 0.25) is 5.02 Å². The molecular weight excluding hydrogens is 465 g/mol. The third-order valence-electron chi connectivity index (χ3n) is 5.29. The summed E-state index contributed by atoms with van der Waals surface area (Å²) in [6, 6.07) is 8.44. The molecule has 0 bridgehead atoms. The number of rotatable bonds is 7. The van der Waals surface area contributed by atoms with Crippen molar-refractivity contribution in [2.24, 2.45) is 0 Å². The summed E-state index contributed by atoms with van der Waals surface area (Å²) in [5, 5.41) is 19.5. The molecule has 1 unspecified atom stereocenters. The van der Waals surface area contributed by atoms with Crippen LogP contribution >= 0.6 is 20.3 Å². The number of halogens is 1. The van der Waals surface area contributed by atoms with Crippen molar-refractivity contribution in [3.05, 3.63) is 80.3 Å². The molecule has 33 heavy (non-hydrogen) atoms. The van der Waals surface area contributed by atoms with E-state index in [2.05, 4.69) is 15.4 Å². The zero-order chi connectivity index (χ0) is 23.5. The van der Waals surface area contributed by atoms with Crippen molar-refractivity contribution in [1.29, 1.82) is 0 Å². The lowest BCUT2D eigenvalue weighted by molar-refractivity contribution is -0.384. The fraction of sp³-hybridized carbons (Fsp3) is 0.227. The van der Waals surface area contributed by atoms with Crippen LogP contribution in [-0.4, -0.2) is 45.1 Å². The number of carbonyl (C=O) groups excluding carboxylic acids is 1. The number of nitrogens with zero attached hydrogens (tertiary/aromatic N) is 4. The van der Waals surface area contributed by atoms with Gasteiger partial charge in [-0.05, 0) is 43.8 Å². The molecule has 1 N–H and O–H groups in total. The molecule has 0 fully saturated rings. The Balaban J connectivity index is 1.84. The van der Waals surface area contributed by atoms with E-state index in [-0.39, 0.29) is 31.6 Å². The van der Waals surface area contributed by atoms with Gasteiger partial charge < -0.3 is 10.1 Å². The highest BCUT2D eigenvalue weighted by Gasteiger charge is 2.27. The van der Waals surface area contributed by atoms with Gasteiger partial charge in [-0.15, -0.1) is 5.10 Å². The van der Waals surface area contributed by atoms with E-state index in [0.29, 0.717) is 47.3 Å². The molecule has 0 spiro atoms. The molecule has 0 amide bonds. The van der Waals surface area contributed by atoms with Crippen molar-refractivity contribution in [2.45, 2.75) is 13.3 Å². The Bertz CT molecular complexity index is 1270. The highest BCUT2D eigenvalue weighted by molar-refractivity contribution is 7.35. The standard InChI is InChI=1S/C22H21ClN5O4P/c1-13-20(28(30)31)22(26-27(13)33-2)25-19-11-18(14-7-9-32-10-8-14)24-12-16(19)21(29)15-5-3-4-6-17(15)23/h3-7,11-12,33H,8-10H2,1-2H3,(H,24,25,26). The lowest BCUT2D eigenvalue weighted by Crippen LogP contribution is -2.10. The van der Waals surface area contributed by atoms with Gasteiger partial charge in [0.2, 0.25) is 5.82 Å². The van der Waals surface area contributed by atoms with Gasteiger partial charge in [-0.25, -0.2) is 4.45 Å². The van der Waals surface area contributed by atoms with Gasteiger partial charge in [0, 0.05) is 20.5 Å². The maximum atomic E-state index is 13.4. The number of ether oxygens (including phenoxy) is 1. The maximum absolute atomic E-state index is 13.4. The number of hydrogen-bond donors (Lipinski definition) is 1. The molecule has 4 rings (SSSR count). The predicted octanol–water partition coefficient (Wildman–Crippen LogP) is 5.00. The van der Waals surface area contributed by atoms with Crippen LogP contribution in [0, 0.1) is 17.0 Å². The highest BCUT2D eigenvalue weighted by Crippen LogP contribution is 2.35. The first-order valence-corrected chi connectivity index (χ1v) is 12.0. The van der Waals surface area contributed by atoms with Crippen LogP contribution in [0.4, 0.5) is 17.2 Å². The number of nitrogens with one attached hydrogen (secondary N) is 1. The second-order valence-corrected chi connectivity index (χ2v) is 8.56.